The zero-order valence-electron chi connectivity index (χ0n) is 12.7. The number of piperidine rings is 1. The van der Waals surface area contributed by atoms with E-state index in [1.165, 1.54) is 0 Å². The van der Waals surface area contributed by atoms with Gasteiger partial charge in [-0.25, -0.2) is 0 Å². The number of likely N-dealkylation sites (tertiary alicyclic amines) is 1. The van der Waals surface area contributed by atoms with Gasteiger partial charge in [0.25, 0.3) is 5.91 Å². The Balaban J connectivity index is 1.92. The Hall–Kier alpha value is -1.98. The van der Waals surface area contributed by atoms with Crippen molar-refractivity contribution in [1.82, 2.24) is 9.88 Å². The molecule has 1 aromatic carbocycles. The van der Waals surface area contributed by atoms with Crippen molar-refractivity contribution in [1.29, 1.82) is 0 Å². The fourth-order valence-electron chi connectivity index (χ4n) is 3.15. The van der Waals surface area contributed by atoms with Gasteiger partial charge in [0.05, 0.1) is 6.10 Å². The molecule has 0 aliphatic carbocycles. The molecule has 2 N–H and O–H groups in total. The van der Waals surface area contributed by atoms with Gasteiger partial charge >= 0.3 is 0 Å². The average Bonchev–Trinajstić information content (AvgIpc) is 2.60. The minimum absolute atomic E-state index is 0.00645. The molecule has 1 saturated heterocycles. The Bertz CT molecular complexity index is 669. The number of rotatable bonds is 3. The second-order valence-electron chi connectivity index (χ2n) is 5.65. The van der Waals surface area contributed by atoms with Crippen molar-refractivity contribution in [2.45, 2.75) is 25.0 Å². The molecule has 1 aliphatic rings. The molecule has 0 radical (unpaired) electrons. The minimum Gasteiger partial charge on any atom is -0.381 e. The fraction of sp³-hybridized carbons (Fsp3) is 0.412. The normalized spacial score (nSPS) is 22.0. The summed E-state index contributed by atoms with van der Waals surface area (Å²) in [4.78, 5) is 19.1. The van der Waals surface area contributed by atoms with Crippen LogP contribution in [-0.2, 0) is 4.74 Å². The Labute approximate surface area is 130 Å². The van der Waals surface area contributed by atoms with Gasteiger partial charge in [-0.3, -0.25) is 9.78 Å². The molecule has 1 fully saturated rings. The summed E-state index contributed by atoms with van der Waals surface area (Å²) >= 11 is 0. The lowest BCUT2D eigenvalue weighted by molar-refractivity contribution is 0.0137. The molecular weight excluding hydrogens is 278 g/mol. The smallest absolute Gasteiger partial charge is 0.273 e. The Morgan fingerprint density at radius 1 is 1.41 bits per heavy atom. The number of benzene rings is 1. The van der Waals surface area contributed by atoms with E-state index in [1.807, 2.05) is 35.2 Å². The molecular formula is C17H21N3O2. The van der Waals surface area contributed by atoms with E-state index in [1.54, 1.807) is 13.3 Å². The van der Waals surface area contributed by atoms with E-state index >= 15 is 0 Å². The van der Waals surface area contributed by atoms with Gasteiger partial charge < -0.3 is 15.4 Å². The molecule has 22 heavy (non-hydrogen) atoms. The molecule has 116 valence electrons. The number of hydrogen-bond donors (Lipinski definition) is 1. The van der Waals surface area contributed by atoms with E-state index in [4.69, 9.17) is 10.5 Å². The molecule has 0 spiro atoms. The van der Waals surface area contributed by atoms with E-state index in [9.17, 15) is 4.79 Å². The number of methoxy groups -OCH3 is 1. The summed E-state index contributed by atoms with van der Waals surface area (Å²) < 4.78 is 5.42. The molecule has 2 aromatic rings. The third kappa shape index (κ3) is 2.69. The van der Waals surface area contributed by atoms with Gasteiger partial charge in [0, 0.05) is 37.8 Å². The third-order valence-corrected chi connectivity index (χ3v) is 4.41. The first-order valence-electron chi connectivity index (χ1n) is 7.62. The molecule has 2 unspecified atom stereocenters. The van der Waals surface area contributed by atoms with Crippen LogP contribution in [0.3, 0.4) is 0 Å². The lowest BCUT2D eigenvalue weighted by atomic mass is 9.98. The SMILES string of the molecule is COC1CCN(C(=O)c2nccc3ccccc23)C(CN)C1. The molecule has 2 heterocycles. The summed E-state index contributed by atoms with van der Waals surface area (Å²) in [6.45, 7) is 1.10. The average molecular weight is 299 g/mol. The van der Waals surface area contributed by atoms with Gasteiger partial charge in [0.1, 0.15) is 5.69 Å². The van der Waals surface area contributed by atoms with Gasteiger partial charge in [0.2, 0.25) is 0 Å². The second-order valence-corrected chi connectivity index (χ2v) is 5.65. The van der Waals surface area contributed by atoms with E-state index < -0.39 is 0 Å². The molecule has 1 aliphatic heterocycles. The van der Waals surface area contributed by atoms with Crippen LogP contribution >= 0.6 is 0 Å². The van der Waals surface area contributed by atoms with E-state index in [0.717, 1.165) is 23.6 Å². The van der Waals surface area contributed by atoms with Crippen molar-refractivity contribution < 1.29 is 9.53 Å². The first-order chi connectivity index (χ1) is 10.7. The molecule has 1 amide bonds. The predicted molar refractivity (Wildman–Crippen MR) is 85.7 cm³/mol. The van der Waals surface area contributed by atoms with Crippen molar-refractivity contribution in [2.75, 3.05) is 20.2 Å². The topological polar surface area (TPSA) is 68.5 Å². The number of aromatic nitrogens is 1. The maximum atomic E-state index is 12.9. The monoisotopic (exact) mass is 299 g/mol. The van der Waals surface area contributed by atoms with E-state index in [0.29, 0.717) is 18.8 Å². The lowest BCUT2D eigenvalue weighted by Crippen LogP contribution is -2.51. The van der Waals surface area contributed by atoms with Gasteiger partial charge in [0.15, 0.2) is 0 Å². The zero-order valence-corrected chi connectivity index (χ0v) is 12.7. The maximum absolute atomic E-state index is 12.9. The molecule has 5 heteroatoms. The first-order valence-corrected chi connectivity index (χ1v) is 7.62. The first kappa shape index (κ1) is 14.9. The van der Waals surface area contributed by atoms with Gasteiger partial charge in [-0.2, -0.15) is 0 Å². The highest BCUT2D eigenvalue weighted by Gasteiger charge is 2.32. The van der Waals surface area contributed by atoms with Crippen molar-refractivity contribution >= 4 is 16.7 Å². The van der Waals surface area contributed by atoms with Gasteiger partial charge in [-0.1, -0.05) is 24.3 Å². The van der Waals surface area contributed by atoms with Crippen LogP contribution in [0.4, 0.5) is 0 Å². The van der Waals surface area contributed by atoms with Crippen LogP contribution < -0.4 is 5.73 Å². The summed E-state index contributed by atoms with van der Waals surface area (Å²) in [5.74, 6) is -0.0400. The highest BCUT2D eigenvalue weighted by Crippen LogP contribution is 2.24. The van der Waals surface area contributed by atoms with Crippen LogP contribution in [0, 0.1) is 0 Å². The van der Waals surface area contributed by atoms with E-state index in [2.05, 4.69) is 4.98 Å². The molecule has 1 aromatic heterocycles. The molecule has 5 nitrogen and oxygen atoms in total. The Morgan fingerprint density at radius 3 is 3.00 bits per heavy atom. The Morgan fingerprint density at radius 2 is 2.23 bits per heavy atom. The molecule has 3 rings (SSSR count). The third-order valence-electron chi connectivity index (χ3n) is 4.41. The molecule has 2 atom stereocenters. The van der Waals surface area contributed by atoms with Gasteiger partial charge in [-0.15, -0.1) is 0 Å². The van der Waals surface area contributed by atoms with Gasteiger partial charge in [-0.05, 0) is 24.3 Å². The largest absolute Gasteiger partial charge is 0.381 e. The number of carbonyl (C=O) groups excluding carboxylic acids is 1. The van der Waals surface area contributed by atoms with Crippen LogP contribution in [0.2, 0.25) is 0 Å². The summed E-state index contributed by atoms with van der Waals surface area (Å²) in [7, 11) is 1.71. The highest BCUT2D eigenvalue weighted by atomic mass is 16.5. The number of nitrogens with two attached hydrogens (primary N) is 1. The standard InChI is InChI=1S/C17H21N3O2/c1-22-14-7-9-20(13(10-14)11-18)17(21)16-15-5-3-2-4-12(15)6-8-19-16/h2-6,8,13-14H,7,9-11,18H2,1H3. The summed E-state index contributed by atoms with van der Waals surface area (Å²) in [6, 6.07) is 9.75. The zero-order chi connectivity index (χ0) is 15.5. The fourth-order valence-corrected chi connectivity index (χ4v) is 3.15. The van der Waals surface area contributed by atoms with Crippen molar-refractivity contribution in [2.24, 2.45) is 5.73 Å². The molecule has 0 saturated carbocycles. The van der Waals surface area contributed by atoms with Crippen molar-refractivity contribution in [3.05, 3.63) is 42.2 Å². The van der Waals surface area contributed by atoms with Crippen LogP contribution in [0.25, 0.3) is 10.8 Å². The molecule has 0 bridgehead atoms. The summed E-state index contributed by atoms with van der Waals surface area (Å²) in [6.07, 6.45) is 3.49. The van der Waals surface area contributed by atoms with Crippen molar-refractivity contribution in [3.8, 4) is 0 Å². The second kappa shape index (κ2) is 6.42. The van der Waals surface area contributed by atoms with Crippen LogP contribution in [0.5, 0.6) is 0 Å². The Kier molecular flexibility index (Phi) is 4.36. The number of pyridine rings is 1. The van der Waals surface area contributed by atoms with Crippen LogP contribution in [0.1, 0.15) is 23.3 Å². The maximum Gasteiger partial charge on any atom is 0.273 e. The summed E-state index contributed by atoms with van der Waals surface area (Å²) in [5.41, 5.74) is 6.38. The number of ether oxygens (including phenoxy) is 1. The number of amides is 1. The predicted octanol–water partition coefficient (Wildman–Crippen LogP) is 1.81. The number of hydrogen-bond acceptors (Lipinski definition) is 4. The van der Waals surface area contributed by atoms with E-state index in [-0.39, 0.29) is 18.1 Å². The summed E-state index contributed by atoms with van der Waals surface area (Å²) in [5, 5.41) is 1.91. The number of carbonyl (C=O) groups is 1. The van der Waals surface area contributed by atoms with Crippen LogP contribution in [-0.4, -0.2) is 48.1 Å². The lowest BCUT2D eigenvalue weighted by Gasteiger charge is -2.38. The highest BCUT2D eigenvalue weighted by molar-refractivity contribution is 6.05. The number of nitrogens with zero attached hydrogens (tertiary/aromatic N) is 2. The quantitative estimate of drug-likeness (QED) is 0.938. The van der Waals surface area contributed by atoms with Crippen molar-refractivity contribution in [3.63, 3.8) is 0 Å². The number of fused-ring (bicyclic) bond motifs is 1. The minimum atomic E-state index is -0.0400. The van der Waals surface area contributed by atoms with Crippen LogP contribution in [0.15, 0.2) is 36.5 Å².